The third-order valence-corrected chi connectivity index (χ3v) is 7.40. The number of hydrogen-bond donors (Lipinski definition) is 0. The first-order valence-electron chi connectivity index (χ1n) is 11.9. The average molecular weight is 468 g/mol. The van der Waals surface area contributed by atoms with Gasteiger partial charge in [0.15, 0.2) is 6.20 Å². The highest BCUT2D eigenvalue weighted by atomic mass is 32.1. The molecule has 0 aliphatic rings. The maximum atomic E-state index is 9.95. The Morgan fingerprint density at radius 1 is 0.941 bits per heavy atom. The summed E-state index contributed by atoms with van der Waals surface area (Å²) >= 11 is 1.79. The molecular weight excluding hydrogens is 432 g/mol. The molecule has 0 N–H and O–H groups in total. The molecule has 0 unspecified atom stereocenters. The van der Waals surface area contributed by atoms with E-state index in [2.05, 4.69) is 107 Å². The fourth-order valence-corrected chi connectivity index (χ4v) is 5.97. The quantitative estimate of drug-likeness (QED) is 0.279. The molecule has 0 aliphatic heterocycles. The predicted octanol–water partition coefficient (Wildman–Crippen LogP) is 8.13. The summed E-state index contributed by atoms with van der Waals surface area (Å²) in [6.07, 6.45) is 3.02. The molecule has 0 bridgehead atoms. The summed E-state index contributed by atoms with van der Waals surface area (Å²) < 4.78 is 2.11. The molecule has 3 heteroatoms. The van der Waals surface area contributed by atoms with E-state index in [9.17, 15) is 5.26 Å². The van der Waals surface area contributed by atoms with Crippen LogP contribution in [0.2, 0.25) is 0 Å². The van der Waals surface area contributed by atoms with E-state index < -0.39 is 0 Å². The predicted molar refractivity (Wildman–Crippen MR) is 145 cm³/mol. The van der Waals surface area contributed by atoms with E-state index >= 15 is 0 Å². The zero-order valence-corrected chi connectivity index (χ0v) is 22.5. The summed E-state index contributed by atoms with van der Waals surface area (Å²) in [6, 6.07) is 18.0. The van der Waals surface area contributed by atoms with Crippen LogP contribution in [0.1, 0.15) is 63.1 Å². The first kappa shape index (κ1) is 24.2. The second kappa shape index (κ2) is 8.67. The fourth-order valence-electron chi connectivity index (χ4n) is 4.79. The van der Waals surface area contributed by atoms with Crippen LogP contribution < -0.4 is 4.57 Å². The highest BCUT2D eigenvalue weighted by molar-refractivity contribution is 7.10. The molecule has 0 spiro atoms. The average Bonchev–Trinajstić information content (AvgIpc) is 3.20. The Balaban J connectivity index is 1.95. The van der Waals surface area contributed by atoms with E-state index in [0.29, 0.717) is 5.56 Å². The lowest BCUT2D eigenvalue weighted by Gasteiger charge is -2.24. The number of thiophene rings is 1. The van der Waals surface area contributed by atoms with Crippen LogP contribution in [0.3, 0.4) is 0 Å². The topological polar surface area (TPSA) is 27.7 Å². The lowest BCUT2D eigenvalue weighted by Crippen LogP contribution is -2.31. The van der Waals surface area contributed by atoms with Gasteiger partial charge in [0, 0.05) is 22.1 Å². The highest BCUT2D eigenvalue weighted by Gasteiger charge is 2.25. The number of aryl methyl sites for hydroxylation is 2. The maximum absolute atomic E-state index is 9.95. The van der Waals surface area contributed by atoms with Gasteiger partial charge >= 0.3 is 0 Å². The van der Waals surface area contributed by atoms with Gasteiger partial charge in [-0.25, -0.2) is 0 Å². The molecule has 4 rings (SSSR count). The van der Waals surface area contributed by atoms with Crippen LogP contribution in [0, 0.1) is 23.7 Å². The van der Waals surface area contributed by atoms with Crippen LogP contribution in [0.4, 0.5) is 0 Å². The number of rotatable bonds is 3. The van der Waals surface area contributed by atoms with Gasteiger partial charge in [0.1, 0.15) is 18.7 Å². The Kier molecular flexibility index (Phi) is 6.17. The number of aromatic nitrogens is 1. The van der Waals surface area contributed by atoms with Gasteiger partial charge in [0.05, 0.1) is 0 Å². The van der Waals surface area contributed by atoms with Gasteiger partial charge < -0.3 is 0 Å². The third-order valence-electron chi connectivity index (χ3n) is 6.46. The zero-order chi connectivity index (χ0) is 24.8. The standard InChI is InChI=1S/C31H35N2S/c1-20-24-11-9-10-12-25(24)28(31(5,6)7)14-26(20)29-15-27(22(17-32)18-33(29)8)21-13-23(34-19-21)16-30(2,3)4/h9-15,18-19H,16H2,1-8H3/q+1. The van der Waals surface area contributed by atoms with Crippen LogP contribution in [-0.4, -0.2) is 0 Å². The van der Waals surface area contributed by atoms with Crippen molar-refractivity contribution in [1.82, 2.24) is 0 Å². The van der Waals surface area contributed by atoms with Gasteiger partial charge in [0.2, 0.25) is 5.69 Å². The molecule has 174 valence electrons. The molecule has 2 aromatic heterocycles. The molecule has 0 radical (unpaired) electrons. The molecule has 2 aromatic carbocycles. The SMILES string of the molecule is Cc1c(-c2cc(-c3csc(CC(C)(C)C)c3)c(C#N)c[n+]2C)cc(C(C)(C)C)c2ccccc12. The van der Waals surface area contributed by atoms with Crippen LogP contribution in [0.25, 0.3) is 33.2 Å². The Hall–Kier alpha value is -2.96. The van der Waals surface area contributed by atoms with E-state index in [-0.39, 0.29) is 10.8 Å². The molecule has 34 heavy (non-hydrogen) atoms. The van der Waals surface area contributed by atoms with Gasteiger partial charge in [-0.15, -0.1) is 11.3 Å². The molecule has 2 heterocycles. The monoisotopic (exact) mass is 467 g/mol. The number of benzene rings is 2. The van der Waals surface area contributed by atoms with E-state index in [1.54, 1.807) is 11.3 Å². The Morgan fingerprint density at radius 2 is 1.62 bits per heavy atom. The second-order valence-electron chi connectivity index (χ2n) is 11.6. The number of fused-ring (bicyclic) bond motifs is 1. The summed E-state index contributed by atoms with van der Waals surface area (Å²) in [7, 11) is 2.05. The number of hydrogen-bond acceptors (Lipinski definition) is 2. The Morgan fingerprint density at radius 3 is 2.24 bits per heavy atom. The van der Waals surface area contributed by atoms with Gasteiger partial charge in [-0.2, -0.15) is 9.83 Å². The lowest BCUT2D eigenvalue weighted by atomic mass is 9.80. The maximum Gasteiger partial charge on any atom is 0.213 e. The van der Waals surface area contributed by atoms with Crippen LogP contribution >= 0.6 is 11.3 Å². The van der Waals surface area contributed by atoms with Crippen molar-refractivity contribution in [2.75, 3.05) is 0 Å². The van der Waals surface area contributed by atoms with E-state index in [1.165, 1.54) is 32.3 Å². The van der Waals surface area contributed by atoms with Crippen molar-refractivity contribution in [2.45, 2.75) is 60.3 Å². The molecule has 0 aliphatic carbocycles. The van der Waals surface area contributed by atoms with E-state index in [1.807, 2.05) is 13.2 Å². The first-order chi connectivity index (χ1) is 15.9. The third kappa shape index (κ3) is 4.65. The van der Waals surface area contributed by atoms with Crippen molar-refractivity contribution < 1.29 is 4.57 Å². The molecule has 0 saturated carbocycles. The number of nitrogens with zero attached hydrogens (tertiary/aromatic N) is 2. The van der Waals surface area contributed by atoms with E-state index in [0.717, 1.165) is 23.2 Å². The van der Waals surface area contributed by atoms with Crippen molar-refractivity contribution in [3.05, 3.63) is 75.6 Å². The molecule has 0 saturated heterocycles. The first-order valence-corrected chi connectivity index (χ1v) is 12.8. The van der Waals surface area contributed by atoms with Crippen LogP contribution in [0.15, 0.2) is 54.0 Å². The summed E-state index contributed by atoms with van der Waals surface area (Å²) in [5, 5.41) is 14.8. The molecule has 4 aromatic rings. The normalized spacial score (nSPS) is 12.2. The van der Waals surface area contributed by atoms with Crippen LogP contribution in [0.5, 0.6) is 0 Å². The second-order valence-corrected chi connectivity index (χ2v) is 12.6. The lowest BCUT2D eigenvalue weighted by molar-refractivity contribution is -0.660. The molecular formula is C31H35N2S+. The summed E-state index contributed by atoms with van der Waals surface area (Å²) in [5.41, 5.74) is 8.08. The minimum absolute atomic E-state index is 0.0191. The summed E-state index contributed by atoms with van der Waals surface area (Å²) in [4.78, 5) is 1.36. The summed E-state index contributed by atoms with van der Waals surface area (Å²) in [6.45, 7) is 15.9. The van der Waals surface area contributed by atoms with Crippen molar-refractivity contribution >= 4 is 22.1 Å². The fraction of sp³-hybridized carbons (Fsp3) is 0.355. The van der Waals surface area contributed by atoms with Crippen molar-refractivity contribution in [2.24, 2.45) is 12.5 Å². The zero-order valence-electron chi connectivity index (χ0n) is 21.7. The number of pyridine rings is 1. The molecule has 2 nitrogen and oxygen atoms in total. The van der Waals surface area contributed by atoms with Gasteiger partial charge in [-0.1, -0.05) is 65.8 Å². The molecule has 0 atom stereocenters. The largest absolute Gasteiger partial charge is 0.213 e. The van der Waals surface area contributed by atoms with Crippen molar-refractivity contribution in [3.63, 3.8) is 0 Å². The van der Waals surface area contributed by atoms with Gasteiger partial charge in [-0.3, -0.25) is 0 Å². The van der Waals surface area contributed by atoms with Crippen LogP contribution in [-0.2, 0) is 18.9 Å². The highest BCUT2D eigenvalue weighted by Crippen LogP contribution is 2.39. The van der Waals surface area contributed by atoms with Gasteiger partial charge in [-0.05, 0) is 69.2 Å². The minimum atomic E-state index is 0.0191. The summed E-state index contributed by atoms with van der Waals surface area (Å²) in [5.74, 6) is 0. The van der Waals surface area contributed by atoms with Crippen molar-refractivity contribution in [1.29, 1.82) is 5.26 Å². The molecule has 0 amide bonds. The number of nitriles is 1. The Bertz CT molecular complexity index is 1420. The van der Waals surface area contributed by atoms with Gasteiger partial charge in [0.25, 0.3) is 0 Å². The smallest absolute Gasteiger partial charge is 0.200 e. The Labute approximate surface area is 208 Å². The molecule has 0 fully saturated rings. The van der Waals surface area contributed by atoms with E-state index in [4.69, 9.17) is 0 Å². The minimum Gasteiger partial charge on any atom is -0.200 e. The van der Waals surface area contributed by atoms with Crippen molar-refractivity contribution in [3.8, 4) is 28.5 Å².